The van der Waals surface area contributed by atoms with Gasteiger partial charge in [-0.25, -0.2) is 8.42 Å². The predicted molar refractivity (Wildman–Crippen MR) is 116 cm³/mol. The molecule has 0 aliphatic carbocycles. The summed E-state index contributed by atoms with van der Waals surface area (Å²) >= 11 is 9.06. The van der Waals surface area contributed by atoms with Gasteiger partial charge in [0.25, 0.3) is 5.91 Å². The standard InChI is InChI=1S/C19H20BrClN2O6S/c1-11-3-8-16(15(20)9-11)22-17(25)10-29-19(26)18(12(2)24)23-30(27,28)14-6-4-13(21)5-7-14/h3-9,12,18,23-24H,10H2,1-2H3,(H,22,25)/t12-,18-/m0/s1. The molecule has 0 saturated carbocycles. The van der Waals surface area contributed by atoms with Crippen molar-refractivity contribution in [1.82, 2.24) is 4.72 Å². The van der Waals surface area contributed by atoms with Crippen molar-refractivity contribution < 1.29 is 27.9 Å². The molecule has 2 rings (SSSR count). The average molecular weight is 520 g/mol. The van der Waals surface area contributed by atoms with Crippen LogP contribution in [-0.2, 0) is 24.3 Å². The highest BCUT2D eigenvalue weighted by molar-refractivity contribution is 9.10. The van der Waals surface area contributed by atoms with Crippen molar-refractivity contribution in [3.05, 3.63) is 57.5 Å². The SMILES string of the molecule is Cc1ccc(NC(=O)COC(=O)[C@@H](NS(=O)(=O)c2ccc(Cl)cc2)[C@H](C)O)c(Br)c1. The Morgan fingerprint density at radius 3 is 2.40 bits per heavy atom. The molecule has 0 heterocycles. The lowest BCUT2D eigenvalue weighted by atomic mass is 10.2. The van der Waals surface area contributed by atoms with Crippen molar-refractivity contribution in [3.8, 4) is 0 Å². The second kappa shape index (κ2) is 10.4. The molecule has 11 heteroatoms. The number of amides is 1. The van der Waals surface area contributed by atoms with Crippen molar-refractivity contribution in [3.63, 3.8) is 0 Å². The maximum Gasteiger partial charge on any atom is 0.327 e. The molecular weight excluding hydrogens is 500 g/mol. The summed E-state index contributed by atoms with van der Waals surface area (Å²) in [4.78, 5) is 24.2. The first kappa shape index (κ1) is 24.3. The molecule has 8 nitrogen and oxygen atoms in total. The molecule has 0 spiro atoms. The van der Waals surface area contributed by atoms with Crippen molar-refractivity contribution >= 4 is 55.1 Å². The average Bonchev–Trinajstić information content (AvgIpc) is 2.66. The van der Waals surface area contributed by atoms with Crippen molar-refractivity contribution in [2.24, 2.45) is 0 Å². The minimum Gasteiger partial charge on any atom is -0.454 e. The van der Waals surface area contributed by atoms with Gasteiger partial charge in [0.1, 0.15) is 6.04 Å². The lowest BCUT2D eigenvalue weighted by molar-refractivity contribution is -0.151. The maximum absolute atomic E-state index is 12.4. The van der Waals surface area contributed by atoms with Gasteiger partial charge in [-0.3, -0.25) is 9.59 Å². The Labute approximate surface area is 187 Å². The van der Waals surface area contributed by atoms with Crippen LogP contribution in [0.25, 0.3) is 0 Å². The van der Waals surface area contributed by atoms with E-state index >= 15 is 0 Å². The van der Waals surface area contributed by atoms with Crippen molar-refractivity contribution in [2.75, 3.05) is 11.9 Å². The lowest BCUT2D eigenvalue weighted by Gasteiger charge is -2.20. The van der Waals surface area contributed by atoms with Crippen LogP contribution in [0.15, 0.2) is 51.8 Å². The number of aryl methyl sites for hydroxylation is 1. The predicted octanol–water partition coefficient (Wildman–Crippen LogP) is 2.62. The number of ether oxygens (including phenoxy) is 1. The van der Waals surface area contributed by atoms with E-state index in [9.17, 15) is 23.1 Å². The summed E-state index contributed by atoms with van der Waals surface area (Å²) in [6, 6.07) is 8.92. The summed E-state index contributed by atoms with van der Waals surface area (Å²) in [5, 5.41) is 12.7. The van der Waals surface area contributed by atoms with E-state index in [0.29, 0.717) is 15.2 Å². The summed E-state index contributed by atoms with van der Waals surface area (Å²) in [5.41, 5.74) is 1.47. The molecular formula is C19H20BrClN2O6S. The fraction of sp³-hybridized carbons (Fsp3) is 0.263. The van der Waals surface area contributed by atoms with Crippen LogP contribution in [0.1, 0.15) is 12.5 Å². The van der Waals surface area contributed by atoms with Gasteiger partial charge < -0.3 is 15.2 Å². The largest absolute Gasteiger partial charge is 0.454 e. The van der Waals surface area contributed by atoms with Gasteiger partial charge in [0.05, 0.1) is 16.7 Å². The zero-order chi connectivity index (χ0) is 22.5. The molecule has 1 amide bonds. The smallest absolute Gasteiger partial charge is 0.327 e. The number of rotatable bonds is 8. The maximum atomic E-state index is 12.4. The molecule has 3 N–H and O–H groups in total. The number of carbonyl (C=O) groups is 2. The highest BCUT2D eigenvalue weighted by atomic mass is 79.9. The molecule has 0 aliphatic rings. The third-order valence-corrected chi connectivity index (χ3v) is 6.25. The van der Waals surface area contributed by atoms with Crippen LogP contribution in [0.2, 0.25) is 5.02 Å². The Bertz CT molecular complexity index is 1030. The normalized spacial score (nSPS) is 13.4. The van der Waals surface area contributed by atoms with Crippen LogP contribution in [0.4, 0.5) is 5.69 Å². The van der Waals surface area contributed by atoms with Crippen LogP contribution < -0.4 is 10.0 Å². The minimum atomic E-state index is -4.14. The van der Waals surface area contributed by atoms with E-state index in [2.05, 4.69) is 26.0 Å². The molecule has 2 aromatic rings. The molecule has 0 unspecified atom stereocenters. The lowest BCUT2D eigenvalue weighted by Crippen LogP contribution is -2.48. The first-order valence-corrected chi connectivity index (χ1v) is 11.3. The summed E-state index contributed by atoms with van der Waals surface area (Å²) in [6.07, 6.45) is -1.41. The number of halogens is 2. The van der Waals surface area contributed by atoms with Crippen LogP contribution in [0.5, 0.6) is 0 Å². The highest BCUT2D eigenvalue weighted by Crippen LogP contribution is 2.23. The van der Waals surface area contributed by atoms with Gasteiger partial charge in [-0.15, -0.1) is 0 Å². The zero-order valence-electron chi connectivity index (χ0n) is 16.1. The summed E-state index contributed by atoms with van der Waals surface area (Å²) in [5.74, 6) is -1.72. The van der Waals surface area contributed by atoms with E-state index in [1.807, 2.05) is 6.92 Å². The number of aliphatic hydroxyl groups excluding tert-OH is 1. The highest BCUT2D eigenvalue weighted by Gasteiger charge is 2.31. The first-order valence-electron chi connectivity index (χ1n) is 8.68. The summed E-state index contributed by atoms with van der Waals surface area (Å²) in [6.45, 7) is 2.45. The van der Waals surface area contributed by atoms with Gasteiger partial charge in [-0.05, 0) is 71.7 Å². The third kappa shape index (κ3) is 6.78. The van der Waals surface area contributed by atoms with Crippen LogP contribution in [0, 0.1) is 6.92 Å². The number of hydrogen-bond acceptors (Lipinski definition) is 6. The monoisotopic (exact) mass is 518 g/mol. The van der Waals surface area contributed by atoms with Gasteiger partial charge in [0.2, 0.25) is 10.0 Å². The minimum absolute atomic E-state index is 0.146. The number of hydrogen-bond donors (Lipinski definition) is 3. The number of esters is 1. The Kier molecular flexibility index (Phi) is 8.39. The number of aliphatic hydroxyl groups is 1. The van der Waals surface area contributed by atoms with Crippen LogP contribution >= 0.6 is 27.5 Å². The van der Waals surface area contributed by atoms with Gasteiger partial charge in [0.15, 0.2) is 6.61 Å². The van der Waals surface area contributed by atoms with Crippen molar-refractivity contribution in [2.45, 2.75) is 30.9 Å². The molecule has 0 bridgehead atoms. The Morgan fingerprint density at radius 2 is 1.83 bits per heavy atom. The van der Waals surface area contributed by atoms with E-state index < -0.39 is 40.7 Å². The fourth-order valence-electron chi connectivity index (χ4n) is 2.33. The molecule has 0 radical (unpaired) electrons. The third-order valence-electron chi connectivity index (χ3n) is 3.89. The van der Waals surface area contributed by atoms with E-state index in [1.165, 1.54) is 31.2 Å². The molecule has 0 fully saturated rings. The van der Waals surface area contributed by atoms with Crippen LogP contribution in [-0.4, -0.2) is 44.2 Å². The molecule has 2 atom stereocenters. The molecule has 30 heavy (non-hydrogen) atoms. The number of sulfonamides is 1. The van der Waals surface area contributed by atoms with Gasteiger partial charge in [-0.1, -0.05) is 17.7 Å². The number of anilines is 1. The topological polar surface area (TPSA) is 122 Å². The quantitative estimate of drug-likeness (QED) is 0.461. The van der Waals surface area contributed by atoms with Crippen LogP contribution in [0.3, 0.4) is 0 Å². The molecule has 0 saturated heterocycles. The Balaban J connectivity index is 2.01. The van der Waals surface area contributed by atoms with E-state index in [1.54, 1.807) is 18.2 Å². The molecule has 0 aliphatic heterocycles. The van der Waals surface area contributed by atoms with E-state index in [-0.39, 0.29) is 4.90 Å². The Morgan fingerprint density at radius 1 is 1.20 bits per heavy atom. The van der Waals surface area contributed by atoms with Crippen molar-refractivity contribution in [1.29, 1.82) is 0 Å². The summed E-state index contributed by atoms with van der Waals surface area (Å²) in [7, 11) is -4.14. The molecule has 2 aromatic carbocycles. The van der Waals surface area contributed by atoms with E-state index in [0.717, 1.165) is 5.56 Å². The van der Waals surface area contributed by atoms with Gasteiger partial charge >= 0.3 is 5.97 Å². The van der Waals surface area contributed by atoms with Gasteiger partial charge in [0, 0.05) is 9.50 Å². The number of nitrogens with one attached hydrogen (secondary N) is 2. The first-order chi connectivity index (χ1) is 14.0. The van der Waals surface area contributed by atoms with Gasteiger partial charge in [-0.2, -0.15) is 4.72 Å². The zero-order valence-corrected chi connectivity index (χ0v) is 19.2. The molecule has 0 aromatic heterocycles. The fourth-order valence-corrected chi connectivity index (χ4v) is 4.30. The molecule has 162 valence electrons. The number of carbonyl (C=O) groups excluding carboxylic acids is 2. The van der Waals surface area contributed by atoms with E-state index in [4.69, 9.17) is 16.3 Å². The number of benzene rings is 2. The summed E-state index contributed by atoms with van der Waals surface area (Å²) < 4.78 is 32.5. The second-order valence-corrected chi connectivity index (χ2v) is 9.44. The second-order valence-electron chi connectivity index (χ2n) is 6.43. The Hall–Kier alpha value is -1.98.